The zero-order valence-corrected chi connectivity index (χ0v) is 13.3. The molecule has 2 rings (SSSR count). The predicted octanol–water partition coefficient (Wildman–Crippen LogP) is 4.37. The summed E-state index contributed by atoms with van der Waals surface area (Å²) < 4.78 is 0. The Balaban J connectivity index is 2.18. The van der Waals surface area contributed by atoms with Gasteiger partial charge in [-0.1, -0.05) is 37.3 Å². The van der Waals surface area contributed by atoms with Crippen molar-refractivity contribution in [3.05, 3.63) is 54.6 Å². The molecule has 2 aromatic carbocycles. The molecule has 0 saturated heterocycles. The summed E-state index contributed by atoms with van der Waals surface area (Å²) in [4.78, 5) is 14.1. The van der Waals surface area contributed by atoms with E-state index in [1.54, 1.807) is 0 Å². The molecular formula is C18H23N3O. The number of hydrogen-bond donors (Lipinski definition) is 2. The molecule has 0 aliphatic heterocycles. The summed E-state index contributed by atoms with van der Waals surface area (Å²) in [6.45, 7) is 4.03. The minimum Gasteiger partial charge on any atom is -0.343 e. The lowest BCUT2D eigenvalue weighted by atomic mass is 10.2. The number of hydrogen-bond acceptors (Lipinski definition) is 2. The maximum absolute atomic E-state index is 12.1. The number of nitrogens with zero attached hydrogens (tertiary/aromatic N) is 1. The van der Waals surface area contributed by atoms with E-state index in [0.29, 0.717) is 0 Å². The Kier molecular flexibility index (Phi) is 5.42. The Bertz CT molecular complexity index is 613. The van der Waals surface area contributed by atoms with Crippen LogP contribution in [0.3, 0.4) is 0 Å². The summed E-state index contributed by atoms with van der Waals surface area (Å²) >= 11 is 0. The fourth-order valence-corrected chi connectivity index (χ4v) is 2.15. The fourth-order valence-electron chi connectivity index (χ4n) is 2.15. The van der Waals surface area contributed by atoms with E-state index in [9.17, 15) is 4.79 Å². The van der Waals surface area contributed by atoms with Gasteiger partial charge in [0.05, 0.1) is 11.4 Å². The van der Waals surface area contributed by atoms with Crippen molar-refractivity contribution in [1.82, 2.24) is 5.32 Å². The molecule has 4 heteroatoms. The molecule has 22 heavy (non-hydrogen) atoms. The van der Waals surface area contributed by atoms with Crippen LogP contribution in [0.25, 0.3) is 0 Å². The summed E-state index contributed by atoms with van der Waals surface area (Å²) in [5, 5.41) is 5.85. The fraction of sp³-hybridized carbons (Fsp3) is 0.278. The molecule has 1 unspecified atom stereocenters. The third-order valence-corrected chi connectivity index (χ3v) is 3.65. The molecule has 0 heterocycles. The van der Waals surface area contributed by atoms with E-state index in [0.717, 1.165) is 23.5 Å². The lowest BCUT2D eigenvalue weighted by molar-refractivity contribution is 0.249. The average Bonchev–Trinajstić information content (AvgIpc) is 2.55. The molecule has 0 aliphatic rings. The number of para-hydroxylation sites is 3. The second-order valence-electron chi connectivity index (χ2n) is 5.32. The van der Waals surface area contributed by atoms with Gasteiger partial charge in [-0.3, -0.25) is 0 Å². The summed E-state index contributed by atoms with van der Waals surface area (Å²) in [7, 11) is 1.99. The van der Waals surface area contributed by atoms with Gasteiger partial charge in [-0.25, -0.2) is 4.79 Å². The molecule has 2 amide bonds. The second kappa shape index (κ2) is 7.50. The van der Waals surface area contributed by atoms with Crippen molar-refractivity contribution in [3.63, 3.8) is 0 Å². The number of anilines is 3. The average molecular weight is 297 g/mol. The van der Waals surface area contributed by atoms with E-state index in [1.165, 1.54) is 0 Å². The maximum atomic E-state index is 12.1. The third-order valence-electron chi connectivity index (χ3n) is 3.65. The third kappa shape index (κ3) is 4.01. The van der Waals surface area contributed by atoms with Crippen molar-refractivity contribution in [2.75, 3.05) is 17.3 Å². The highest BCUT2D eigenvalue weighted by Gasteiger charge is 2.12. The zero-order chi connectivity index (χ0) is 15.9. The molecule has 0 aliphatic carbocycles. The Labute approximate surface area is 132 Å². The van der Waals surface area contributed by atoms with Crippen molar-refractivity contribution in [2.24, 2.45) is 0 Å². The first kappa shape index (κ1) is 15.9. The van der Waals surface area contributed by atoms with Gasteiger partial charge in [0.15, 0.2) is 0 Å². The van der Waals surface area contributed by atoms with Gasteiger partial charge in [0, 0.05) is 18.8 Å². The molecule has 0 spiro atoms. The van der Waals surface area contributed by atoms with E-state index >= 15 is 0 Å². The van der Waals surface area contributed by atoms with Crippen LogP contribution >= 0.6 is 0 Å². The number of carbonyl (C=O) groups excluding carboxylic acids is 1. The number of nitrogens with one attached hydrogen (secondary N) is 2. The van der Waals surface area contributed by atoms with E-state index in [4.69, 9.17) is 0 Å². The molecule has 1 atom stereocenters. The number of benzene rings is 2. The van der Waals surface area contributed by atoms with Crippen LogP contribution < -0.4 is 15.5 Å². The SMILES string of the molecule is CCC(C)NC(=O)Nc1ccccc1N(C)c1ccccc1. The van der Waals surface area contributed by atoms with Crippen molar-refractivity contribution in [2.45, 2.75) is 26.3 Å². The summed E-state index contributed by atoms with van der Waals surface area (Å²) in [6.07, 6.45) is 0.902. The second-order valence-corrected chi connectivity index (χ2v) is 5.32. The molecule has 2 N–H and O–H groups in total. The van der Waals surface area contributed by atoms with Crippen molar-refractivity contribution < 1.29 is 4.79 Å². The molecule has 0 radical (unpaired) electrons. The smallest absolute Gasteiger partial charge is 0.319 e. The van der Waals surface area contributed by atoms with Crippen LogP contribution in [-0.4, -0.2) is 19.1 Å². The van der Waals surface area contributed by atoms with Gasteiger partial charge in [-0.15, -0.1) is 0 Å². The predicted molar refractivity (Wildman–Crippen MR) is 92.9 cm³/mol. The maximum Gasteiger partial charge on any atom is 0.319 e. The highest BCUT2D eigenvalue weighted by atomic mass is 16.2. The van der Waals surface area contributed by atoms with Gasteiger partial charge in [-0.05, 0) is 37.6 Å². The molecular weight excluding hydrogens is 274 g/mol. The molecule has 0 bridgehead atoms. The van der Waals surface area contributed by atoms with Crippen LogP contribution in [0.4, 0.5) is 21.9 Å². The van der Waals surface area contributed by atoms with Crippen LogP contribution in [0.15, 0.2) is 54.6 Å². The van der Waals surface area contributed by atoms with Gasteiger partial charge >= 0.3 is 6.03 Å². The highest BCUT2D eigenvalue weighted by molar-refractivity contribution is 5.94. The van der Waals surface area contributed by atoms with E-state index < -0.39 is 0 Å². The summed E-state index contributed by atoms with van der Waals surface area (Å²) in [5.74, 6) is 0. The van der Waals surface area contributed by atoms with Gasteiger partial charge < -0.3 is 15.5 Å². The van der Waals surface area contributed by atoms with E-state index in [2.05, 4.69) is 15.5 Å². The van der Waals surface area contributed by atoms with Gasteiger partial charge in [-0.2, -0.15) is 0 Å². The van der Waals surface area contributed by atoms with Crippen molar-refractivity contribution >= 4 is 23.1 Å². The van der Waals surface area contributed by atoms with Crippen LogP contribution in [0.1, 0.15) is 20.3 Å². The Morgan fingerprint density at radius 1 is 1.09 bits per heavy atom. The Morgan fingerprint density at radius 2 is 1.73 bits per heavy atom. The van der Waals surface area contributed by atoms with Crippen LogP contribution in [-0.2, 0) is 0 Å². The van der Waals surface area contributed by atoms with Crippen molar-refractivity contribution in [1.29, 1.82) is 0 Å². The normalized spacial score (nSPS) is 11.6. The number of urea groups is 1. The summed E-state index contributed by atoms with van der Waals surface area (Å²) in [5.41, 5.74) is 2.81. The van der Waals surface area contributed by atoms with E-state index in [-0.39, 0.29) is 12.1 Å². The first-order valence-electron chi connectivity index (χ1n) is 7.57. The van der Waals surface area contributed by atoms with Crippen LogP contribution in [0.5, 0.6) is 0 Å². The molecule has 0 aromatic heterocycles. The Hall–Kier alpha value is -2.49. The monoisotopic (exact) mass is 297 g/mol. The molecule has 4 nitrogen and oxygen atoms in total. The quantitative estimate of drug-likeness (QED) is 0.860. The topological polar surface area (TPSA) is 44.4 Å². The number of amides is 2. The molecule has 116 valence electrons. The minimum atomic E-state index is -0.178. The van der Waals surface area contributed by atoms with Gasteiger partial charge in [0.25, 0.3) is 0 Å². The van der Waals surface area contributed by atoms with Gasteiger partial charge in [0.1, 0.15) is 0 Å². The van der Waals surface area contributed by atoms with Crippen LogP contribution in [0.2, 0.25) is 0 Å². The van der Waals surface area contributed by atoms with Crippen LogP contribution in [0, 0.1) is 0 Å². The zero-order valence-electron chi connectivity index (χ0n) is 13.3. The Morgan fingerprint density at radius 3 is 2.41 bits per heavy atom. The number of carbonyl (C=O) groups is 1. The molecule has 0 fully saturated rings. The number of rotatable bonds is 5. The lowest BCUT2D eigenvalue weighted by Gasteiger charge is -2.23. The van der Waals surface area contributed by atoms with Gasteiger partial charge in [0.2, 0.25) is 0 Å². The molecule has 2 aromatic rings. The summed E-state index contributed by atoms with van der Waals surface area (Å²) in [6, 6.07) is 17.8. The minimum absolute atomic E-state index is 0.152. The van der Waals surface area contributed by atoms with Crippen molar-refractivity contribution in [3.8, 4) is 0 Å². The lowest BCUT2D eigenvalue weighted by Crippen LogP contribution is -2.35. The first-order chi connectivity index (χ1) is 10.6. The molecule has 0 saturated carbocycles. The highest BCUT2D eigenvalue weighted by Crippen LogP contribution is 2.30. The van der Waals surface area contributed by atoms with E-state index in [1.807, 2.05) is 75.5 Å². The largest absolute Gasteiger partial charge is 0.343 e. The standard InChI is InChI=1S/C18H23N3O/c1-4-14(2)19-18(22)20-16-12-8-9-13-17(16)21(3)15-10-6-5-7-11-15/h5-14H,4H2,1-3H3,(H2,19,20,22). The first-order valence-corrected chi connectivity index (χ1v) is 7.57.